The number of rotatable bonds is 7. The van der Waals surface area contributed by atoms with Gasteiger partial charge in [-0.3, -0.25) is 9.36 Å². The molecule has 150 valence electrons. The Morgan fingerprint density at radius 1 is 1.07 bits per heavy atom. The number of benzene rings is 2. The van der Waals surface area contributed by atoms with E-state index in [0.717, 1.165) is 51.2 Å². The fourth-order valence-corrected chi connectivity index (χ4v) is 4.36. The summed E-state index contributed by atoms with van der Waals surface area (Å²) in [6.45, 7) is 5.92. The number of nitrogens with zero attached hydrogens (tertiary/aromatic N) is 4. The number of aromatic carboxylic acids is 1. The number of hydrogen-bond acceptors (Lipinski definition) is 3. The summed E-state index contributed by atoms with van der Waals surface area (Å²) < 4.78 is 5.03. The smallest absolute Gasteiger partial charge is 0.335 e. The van der Waals surface area contributed by atoms with Gasteiger partial charge in [0, 0.05) is 27.4 Å². The van der Waals surface area contributed by atoms with Crippen LogP contribution in [-0.2, 0) is 13.1 Å². The van der Waals surface area contributed by atoms with Crippen LogP contribution >= 0.6 is 15.9 Å². The molecule has 2 aromatic heterocycles. The topological polar surface area (TPSA) is 72.9 Å². The molecule has 0 atom stereocenters. The van der Waals surface area contributed by atoms with Crippen molar-refractivity contribution >= 4 is 43.7 Å². The number of hydrogen-bond donors (Lipinski definition) is 1. The van der Waals surface area contributed by atoms with Crippen LogP contribution in [0.15, 0.2) is 47.2 Å². The summed E-state index contributed by atoms with van der Waals surface area (Å²) in [6.07, 6.45) is 5.89. The molecule has 0 aliphatic carbocycles. The summed E-state index contributed by atoms with van der Waals surface area (Å²) in [4.78, 5) is 11.2. The van der Waals surface area contributed by atoms with Crippen LogP contribution < -0.4 is 0 Å². The van der Waals surface area contributed by atoms with Crippen LogP contribution in [0.4, 0.5) is 0 Å². The highest BCUT2D eigenvalue weighted by Gasteiger charge is 2.15. The summed E-state index contributed by atoms with van der Waals surface area (Å²) >= 11 is 3.62. The molecule has 29 heavy (non-hydrogen) atoms. The number of halogens is 1. The van der Waals surface area contributed by atoms with E-state index in [2.05, 4.69) is 56.8 Å². The van der Waals surface area contributed by atoms with Crippen LogP contribution in [0, 0.1) is 5.92 Å². The number of carboxylic acids is 1. The predicted molar refractivity (Wildman–Crippen MR) is 117 cm³/mol. The Morgan fingerprint density at radius 3 is 2.52 bits per heavy atom. The van der Waals surface area contributed by atoms with Gasteiger partial charge in [-0.05, 0) is 36.2 Å². The third-order valence-electron chi connectivity index (χ3n) is 5.57. The van der Waals surface area contributed by atoms with Crippen molar-refractivity contribution in [3.05, 3.63) is 58.3 Å². The molecule has 6 nitrogen and oxygen atoms in total. The minimum atomic E-state index is -0.932. The molecular formula is C22H23BrN4O2. The highest BCUT2D eigenvalue weighted by Crippen LogP contribution is 2.27. The van der Waals surface area contributed by atoms with Crippen LogP contribution in [0.5, 0.6) is 0 Å². The second-order valence-electron chi connectivity index (χ2n) is 7.39. The molecule has 1 N–H and O–H groups in total. The number of fused-ring (bicyclic) bond motifs is 2. The van der Waals surface area contributed by atoms with Gasteiger partial charge in [-0.15, -0.1) is 0 Å². The van der Waals surface area contributed by atoms with E-state index in [1.807, 2.05) is 16.9 Å². The fourth-order valence-electron chi connectivity index (χ4n) is 3.84. The van der Waals surface area contributed by atoms with Crippen molar-refractivity contribution in [1.82, 2.24) is 19.6 Å². The lowest BCUT2D eigenvalue weighted by atomic mass is 10.0. The van der Waals surface area contributed by atoms with E-state index in [9.17, 15) is 9.90 Å². The maximum Gasteiger partial charge on any atom is 0.335 e. The maximum absolute atomic E-state index is 11.2. The van der Waals surface area contributed by atoms with Gasteiger partial charge in [0.05, 0.1) is 35.5 Å². The standard InChI is InChI=1S/C22H23BrN4O2/c1-3-14(4-2)12-27-21-17(11-25-27)8-19(23)9-18(21)13-26-20-6-5-15(22(28)29)7-16(20)10-24-26/h5-11,14H,3-4,12-13H2,1-2H3,(H,28,29). The normalized spacial score (nSPS) is 11.7. The summed E-state index contributed by atoms with van der Waals surface area (Å²) in [6, 6.07) is 9.32. The van der Waals surface area contributed by atoms with Gasteiger partial charge in [0.25, 0.3) is 0 Å². The van der Waals surface area contributed by atoms with Crippen molar-refractivity contribution in [3.63, 3.8) is 0 Å². The van der Waals surface area contributed by atoms with Crippen molar-refractivity contribution in [2.75, 3.05) is 0 Å². The molecule has 4 aromatic rings. The second-order valence-corrected chi connectivity index (χ2v) is 8.31. The van der Waals surface area contributed by atoms with Gasteiger partial charge in [0.15, 0.2) is 0 Å². The molecule has 4 rings (SSSR count). The van der Waals surface area contributed by atoms with Crippen molar-refractivity contribution in [1.29, 1.82) is 0 Å². The zero-order valence-electron chi connectivity index (χ0n) is 16.5. The number of carbonyl (C=O) groups is 1. The van der Waals surface area contributed by atoms with Crippen LogP contribution in [0.2, 0.25) is 0 Å². The van der Waals surface area contributed by atoms with Gasteiger partial charge < -0.3 is 5.11 Å². The van der Waals surface area contributed by atoms with E-state index < -0.39 is 5.97 Å². The average Bonchev–Trinajstić information content (AvgIpc) is 3.29. The molecule has 0 spiro atoms. The van der Waals surface area contributed by atoms with E-state index >= 15 is 0 Å². The summed E-state index contributed by atoms with van der Waals surface area (Å²) in [5, 5.41) is 20.3. The zero-order chi connectivity index (χ0) is 20.5. The monoisotopic (exact) mass is 454 g/mol. The first-order valence-corrected chi connectivity index (χ1v) is 10.6. The first-order valence-electron chi connectivity index (χ1n) is 9.83. The molecule has 0 aliphatic rings. The quantitative estimate of drug-likeness (QED) is 0.409. The van der Waals surface area contributed by atoms with E-state index in [4.69, 9.17) is 0 Å². The molecule has 0 saturated carbocycles. The molecule has 0 aliphatic heterocycles. The van der Waals surface area contributed by atoms with Gasteiger partial charge in [0.1, 0.15) is 0 Å². The maximum atomic E-state index is 11.2. The highest BCUT2D eigenvalue weighted by atomic mass is 79.9. The molecule has 0 fully saturated rings. The fraction of sp³-hybridized carbons (Fsp3) is 0.318. The van der Waals surface area contributed by atoms with Gasteiger partial charge >= 0.3 is 5.97 Å². The highest BCUT2D eigenvalue weighted by molar-refractivity contribution is 9.10. The van der Waals surface area contributed by atoms with Gasteiger partial charge in [0.2, 0.25) is 0 Å². The molecule has 7 heteroatoms. The number of carboxylic acid groups (broad SMARTS) is 1. The summed E-state index contributed by atoms with van der Waals surface area (Å²) in [5.41, 5.74) is 3.44. The molecule has 0 radical (unpaired) electrons. The molecule has 2 heterocycles. The van der Waals surface area contributed by atoms with E-state index in [1.54, 1.807) is 18.3 Å². The lowest BCUT2D eigenvalue weighted by Gasteiger charge is -2.15. The minimum absolute atomic E-state index is 0.269. The molecule has 0 unspecified atom stereocenters. The van der Waals surface area contributed by atoms with Crippen molar-refractivity contribution in [2.24, 2.45) is 5.92 Å². The third kappa shape index (κ3) is 3.79. The van der Waals surface area contributed by atoms with E-state index in [-0.39, 0.29) is 5.56 Å². The van der Waals surface area contributed by atoms with E-state index in [1.165, 1.54) is 0 Å². The first-order chi connectivity index (χ1) is 14.0. The van der Waals surface area contributed by atoms with Gasteiger partial charge in [-0.1, -0.05) is 42.6 Å². The molecule has 2 aromatic carbocycles. The van der Waals surface area contributed by atoms with E-state index in [0.29, 0.717) is 12.5 Å². The Morgan fingerprint density at radius 2 is 1.79 bits per heavy atom. The SMILES string of the molecule is CCC(CC)Cn1ncc2cc(Br)cc(Cn3ncc4cc(C(=O)O)ccc43)c21. The first kappa shape index (κ1) is 19.6. The average molecular weight is 455 g/mol. The molecule has 0 bridgehead atoms. The summed E-state index contributed by atoms with van der Waals surface area (Å²) in [5.74, 6) is -0.340. The van der Waals surface area contributed by atoms with Crippen LogP contribution in [0.25, 0.3) is 21.8 Å². The Labute approximate surface area is 177 Å². The Bertz CT molecular complexity index is 1190. The van der Waals surface area contributed by atoms with Crippen molar-refractivity contribution in [2.45, 2.75) is 39.8 Å². The number of aromatic nitrogens is 4. The third-order valence-corrected chi connectivity index (χ3v) is 6.03. The van der Waals surface area contributed by atoms with Crippen molar-refractivity contribution < 1.29 is 9.90 Å². The molecule has 0 saturated heterocycles. The molecule has 0 amide bonds. The Hall–Kier alpha value is -2.67. The van der Waals surface area contributed by atoms with Gasteiger partial charge in [-0.25, -0.2) is 4.79 Å². The predicted octanol–water partition coefficient (Wildman–Crippen LogP) is 5.33. The van der Waals surface area contributed by atoms with Crippen LogP contribution in [-0.4, -0.2) is 30.6 Å². The minimum Gasteiger partial charge on any atom is -0.478 e. The zero-order valence-corrected chi connectivity index (χ0v) is 18.1. The Balaban J connectivity index is 1.76. The Kier molecular flexibility index (Phi) is 5.41. The summed E-state index contributed by atoms with van der Waals surface area (Å²) in [7, 11) is 0. The van der Waals surface area contributed by atoms with Crippen molar-refractivity contribution in [3.8, 4) is 0 Å². The van der Waals surface area contributed by atoms with Gasteiger partial charge in [-0.2, -0.15) is 10.2 Å². The van der Waals surface area contributed by atoms with Crippen LogP contribution in [0.1, 0.15) is 42.6 Å². The van der Waals surface area contributed by atoms with Crippen LogP contribution in [0.3, 0.4) is 0 Å². The molecular weight excluding hydrogens is 432 g/mol. The lowest BCUT2D eigenvalue weighted by Crippen LogP contribution is -2.12. The lowest BCUT2D eigenvalue weighted by molar-refractivity contribution is 0.0697. The second kappa shape index (κ2) is 7.99. The largest absolute Gasteiger partial charge is 0.478 e.